The molecule has 3 aromatic rings. The number of methoxy groups -OCH3 is 1. The Bertz CT molecular complexity index is 1210. The molecule has 5 rings (SSSR count). The number of nitrogens with one attached hydrogen (secondary N) is 1. The Kier molecular flexibility index (Phi) is 5.71. The Balaban J connectivity index is 1.52. The molecule has 0 radical (unpaired) electrons. The van der Waals surface area contributed by atoms with Crippen LogP contribution in [0.5, 0.6) is 5.75 Å². The molecule has 0 amide bonds. The molecule has 2 fully saturated rings. The van der Waals surface area contributed by atoms with Gasteiger partial charge in [0.05, 0.1) is 12.7 Å². The van der Waals surface area contributed by atoms with Gasteiger partial charge in [-0.2, -0.15) is 0 Å². The first-order chi connectivity index (χ1) is 16.2. The van der Waals surface area contributed by atoms with Gasteiger partial charge in [0.2, 0.25) is 0 Å². The Morgan fingerprint density at radius 2 is 1.94 bits per heavy atom. The van der Waals surface area contributed by atoms with Crippen LogP contribution >= 0.6 is 0 Å². The zero-order valence-corrected chi connectivity index (χ0v) is 20.8. The molecule has 34 heavy (non-hydrogen) atoms. The van der Waals surface area contributed by atoms with Gasteiger partial charge in [0, 0.05) is 35.2 Å². The lowest BCUT2D eigenvalue weighted by atomic mass is 9.70. The molecule has 1 saturated heterocycles. The number of aromatic nitrogens is 1. The zero-order chi connectivity index (χ0) is 24.1. The van der Waals surface area contributed by atoms with E-state index in [0.717, 1.165) is 25.3 Å². The van der Waals surface area contributed by atoms with E-state index in [1.807, 2.05) is 18.3 Å². The van der Waals surface area contributed by atoms with Crippen LogP contribution in [0.1, 0.15) is 79.0 Å². The number of H-pyrrole nitrogens is 1. The summed E-state index contributed by atoms with van der Waals surface area (Å²) in [7, 11) is 1.75. The average molecular weight is 461 g/mol. The molecule has 1 spiro atoms. The van der Waals surface area contributed by atoms with E-state index < -0.39 is 5.97 Å². The number of likely N-dealkylation sites (tertiary alicyclic amines) is 1. The van der Waals surface area contributed by atoms with Gasteiger partial charge in [-0.05, 0) is 91.8 Å². The molecular formula is C29H36N2O3. The van der Waals surface area contributed by atoms with Crippen molar-refractivity contribution in [3.05, 3.63) is 64.8 Å². The number of aryl methyl sites for hydroxylation is 1. The van der Waals surface area contributed by atoms with Crippen molar-refractivity contribution in [2.24, 2.45) is 10.8 Å². The molecule has 2 heterocycles. The van der Waals surface area contributed by atoms with Gasteiger partial charge in [0.15, 0.2) is 0 Å². The minimum atomic E-state index is -0.875. The van der Waals surface area contributed by atoms with E-state index in [9.17, 15) is 9.90 Å². The van der Waals surface area contributed by atoms with Gasteiger partial charge >= 0.3 is 5.97 Å². The predicted octanol–water partition coefficient (Wildman–Crippen LogP) is 6.72. The van der Waals surface area contributed by atoms with Gasteiger partial charge in [0.1, 0.15) is 5.75 Å². The maximum atomic E-state index is 11.4. The SMILES string of the molecule is COc1cc(C)c2[nH]ccc2c1CN1CC[C@@]2(CCC(C)(C)C2)C[C@H]1c1ccc(C(=O)O)cc1. The number of carboxylic acid groups (broad SMARTS) is 1. The highest BCUT2D eigenvalue weighted by Crippen LogP contribution is 2.57. The first kappa shape index (κ1) is 23.0. The number of aromatic carboxylic acids is 1. The molecule has 2 aromatic carbocycles. The molecule has 1 saturated carbocycles. The van der Waals surface area contributed by atoms with Crippen molar-refractivity contribution in [1.29, 1.82) is 0 Å². The van der Waals surface area contributed by atoms with E-state index in [4.69, 9.17) is 4.74 Å². The van der Waals surface area contributed by atoms with Crippen molar-refractivity contribution in [1.82, 2.24) is 9.88 Å². The van der Waals surface area contributed by atoms with Crippen LogP contribution in [0.15, 0.2) is 42.6 Å². The molecular weight excluding hydrogens is 424 g/mol. The number of carbonyl (C=O) groups is 1. The molecule has 0 bridgehead atoms. The number of ether oxygens (including phenoxy) is 1. The van der Waals surface area contributed by atoms with Gasteiger partial charge in [-0.1, -0.05) is 26.0 Å². The van der Waals surface area contributed by atoms with Crippen LogP contribution in [0.3, 0.4) is 0 Å². The second kappa shape index (κ2) is 8.46. The first-order valence-corrected chi connectivity index (χ1v) is 12.4. The lowest BCUT2D eigenvalue weighted by molar-refractivity contribution is 0.0396. The van der Waals surface area contributed by atoms with Crippen LogP contribution in [0, 0.1) is 17.8 Å². The summed E-state index contributed by atoms with van der Waals surface area (Å²) >= 11 is 0. The predicted molar refractivity (Wildman–Crippen MR) is 135 cm³/mol. The quantitative estimate of drug-likeness (QED) is 0.444. The number of hydrogen-bond donors (Lipinski definition) is 2. The molecule has 5 heteroatoms. The molecule has 2 aliphatic rings. The number of rotatable bonds is 5. The van der Waals surface area contributed by atoms with Crippen molar-refractivity contribution < 1.29 is 14.6 Å². The highest BCUT2D eigenvalue weighted by Gasteiger charge is 2.47. The number of carboxylic acids is 1. The van der Waals surface area contributed by atoms with E-state index in [2.05, 4.69) is 42.8 Å². The average Bonchev–Trinajstić information content (AvgIpc) is 3.42. The van der Waals surface area contributed by atoms with Crippen LogP contribution in [-0.4, -0.2) is 34.6 Å². The first-order valence-electron chi connectivity index (χ1n) is 12.4. The van der Waals surface area contributed by atoms with Crippen molar-refractivity contribution in [2.45, 2.75) is 65.5 Å². The number of fused-ring (bicyclic) bond motifs is 1. The Morgan fingerprint density at radius 3 is 2.59 bits per heavy atom. The number of aromatic amines is 1. The van der Waals surface area contributed by atoms with Crippen LogP contribution in [0.25, 0.3) is 10.9 Å². The van der Waals surface area contributed by atoms with Crippen LogP contribution in [0.2, 0.25) is 0 Å². The number of hydrogen-bond acceptors (Lipinski definition) is 3. The maximum Gasteiger partial charge on any atom is 0.335 e. The molecule has 180 valence electrons. The number of piperidine rings is 1. The number of nitrogens with zero attached hydrogens (tertiary/aromatic N) is 1. The molecule has 1 aliphatic carbocycles. The fourth-order valence-corrected chi connectivity index (χ4v) is 6.71. The van der Waals surface area contributed by atoms with Crippen molar-refractivity contribution in [3.63, 3.8) is 0 Å². The van der Waals surface area contributed by atoms with Gasteiger partial charge in [-0.15, -0.1) is 0 Å². The van der Waals surface area contributed by atoms with Gasteiger partial charge in [-0.3, -0.25) is 4.90 Å². The minimum absolute atomic E-state index is 0.255. The van der Waals surface area contributed by atoms with Gasteiger partial charge < -0.3 is 14.8 Å². The normalized spacial score (nSPS) is 24.6. The van der Waals surface area contributed by atoms with E-state index in [1.165, 1.54) is 53.3 Å². The summed E-state index contributed by atoms with van der Waals surface area (Å²) in [6, 6.07) is 12.1. The summed E-state index contributed by atoms with van der Waals surface area (Å²) in [5.74, 6) is 0.0622. The summed E-state index contributed by atoms with van der Waals surface area (Å²) in [5, 5.41) is 10.6. The standard InChI is InChI=1S/C29H36N2O3/c1-19-15-25(34-4)23(22-9-13-30-26(19)22)17-31-14-12-29(11-10-28(2,3)18-29)16-24(31)20-5-7-21(8-6-20)27(32)33/h5-9,13,15,24,30H,10-12,14,16-18H2,1-4H3,(H,32,33)/t24-,29-/m0/s1. The monoisotopic (exact) mass is 460 g/mol. The lowest BCUT2D eigenvalue weighted by Gasteiger charge is -2.46. The van der Waals surface area contributed by atoms with Crippen LogP contribution in [0.4, 0.5) is 0 Å². The summed E-state index contributed by atoms with van der Waals surface area (Å²) in [5.41, 5.74) is 5.91. The smallest absolute Gasteiger partial charge is 0.335 e. The third-order valence-corrected chi connectivity index (χ3v) is 8.42. The van der Waals surface area contributed by atoms with Crippen molar-refractivity contribution in [2.75, 3.05) is 13.7 Å². The third-order valence-electron chi connectivity index (χ3n) is 8.42. The van der Waals surface area contributed by atoms with Gasteiger partial charge in [-0.25, -0.2) is 4.79 Å². The summed E-state index contributed by atoms with van der Waals surface area (Å²) in [6.45, 7) is 8.77. The highest BCUT2D eigenvalue weighted by atomic mass is 16.5. The molecule has 2 N–H and O–H groups in total. The summed E-state index contributed by atoms with van der Waals surface area (Å²) < 4.78 is 5.84. The molecule has 5 nitrogen and oxygen atoms in total. The van der Waals surface area contributed by atoms with Gasteiger partial charge in [0.25, 0.3) is 0 Å². The zero-order valence-electron chi connectivity index (χ0n) is 20.8. The fourth-order valence-electron chi connectivity index (χ4n) is 6.71. The lowest BCUT2D eigenvalue weighted by Crippen LogP contribution is -2.41. The van der Waals surface area contributed by atoms with E-state index >= 15 is 0 Å². The van der Waals surface area contributed by atoms with Crippen LogP contribution in [-0.2, 0) is 6.54 Å². The Morgan fingerprint density at radius 1 is 1.18 bits per heavy atom. The molecule has 1 aliphatic heterocycles. The second-order valence-electron chi connectivity index (χ2n) is 11.3. The topological polar surface area (TPSA) is 65.6 Å². The van der Waals surface area contributed by atoms with E-state index in [1.54, 1.807) is 19.2 Å². The van der Waals surface area contributed by atoms with E-state index in [-0.39, 0.29) is 6.04 Å². The highest BCUT2D eigenvalue weighted by molar-refractivity contribution is 5.88. The molecule has 2 atom stereocenters. The van der Waals surface area contributed by atoms with Crippen molar-refractivity contribution in [3.8, 4) is 5.75 Å². The minimum Gasteiger partial charge on any atom is -0.496 e. The maximum absolute atomic E-state index is 11.4. The molecule has 0 unspecified atom stereocenters. The van der Waals surface area contributed by atoms with Crippen molar-refractivity contribution >= 4 is 16.9 Å². The summed E-state index contributed by atoms with van der Waals surface area (Å²) in [6.07, 6.45) is 8.18. The Labute approximate surface area is 202 Å². The fraction of sp³-hybridized carbons (Fsp3) is 0.483. The Hall–Kier alpha value is -2.79. The second-order valence-corrected chi connectivity index (χ2v) is 11.3. The summed E-state index contributed by atoms with van der Waals surface area (Å²) in [4.78, 5) is 17.4. The largest absolute Gasteiger partial charge is 0.496 e. The number of benzene rings is 2. The van der Waals surface area contributed by atoms with Crippen LogP contribution < -0.4 is 4.74 Å². The molecule has 1 aromatic heterocycles. The third kappa shape index (κ3) is 4.11. The van der Waals surface area contributed by atoms with E-state index in [0.29, 0.717) is 16.4 Å².